The summed E-state index contributed by atoms with van der Waals surface area (Å²) < 4.78 is 0. The van der Waals surface area contributed by atoms with Gasteiger partial charge in [-0.25, -0.2) is 0 Å². The lowest BCUT2D eigenvalue weighted by molar-refractivity contribution is 1.12. The highest BCUT2D eigenvalue weighted by atomic mass is 14.6. The molecule has 0 aliphatic carbocycles. The molecular weight excluding hydrogens is 134 g/mol. The zero-order chi connectivity index (χ0) is 8.53. The molecule has 0 amide bonds. The Balaban J connectivity index is 0.000000292. The van der Waals surface area contributed by atoms with E-state index in [1.807, 2.05) is 31.5 Å². The van der Waals surface area contributed by atoms with Gasteiger partial charge >= 0.3 is 0 Å². The zero-order valence-electron chi connectivity index (χ0n) is 7.25. The number of aryl methyl sites for hydroxylation is 1. The average molecular weight is 149 g/mol. The quantitative estimate of drug-likeness (QED) is 0.559. The first-order valence-electron chi connectivity index (χ1n) is 3.81. The van der Waals surface area contributed by atoms with Crippen LogP contribution in [0.5, 0.6) is 0 Å². The van der Waals surface area contributed by atoms with Gasteiger partial charge in [-0.2, -0.15) is 0 Å². The van der Waals surface area contributed by atoms with Gasteiger partial charge in [-0.3, -0.25) is 4.98 Å². The van der Waals surface area contributed by atoms with Gasteiger partial charge in [0.05, 0.1) is 0 Å². The van der Waals surface area contributed by atoms with Crippen molar-refractivity contribution in [2.24, 2.45) is 0 Å². The summed E-state index contributed by atoms with van der Waals surface area (Å²) in [6, 6.07) is 4.06. The number of allylic oxidation sites excluding steroid dienone is 1. The lowest BCUT2D eigenvalue weighted by Gasteiger charge is -1.89. The number of nitrogens with zero attached hydrogens (tertiary/aromatic N) is 1. The van der Waals surface area contributed by atoms with Crippen LogP contribution in [0.15, 0.2) is 37.2 Å². The smallest absolute Gasteiger partial charge is 0.0270 e. The number of aromatic nitrogens is 1. The predicted molar refractivity (Wildman–Crippen MR) is 49.5 cm³/mol. The molecule has 1 rings (SSSR count). The minimum Gasteiger partial charge on any atom is -0.265 e. The van der Waals surface area contributed by atoms with E-state index in [0.717, 1.165) is 6.42 Å². The lowest BCUT2D eigenvalue weighted by Crippen LogP contribution is -1.76. The van der Waals surface area contributed by atoms with Crippen molar-refractivity contribution in [3.8, 4) is 0 Å². The Kier molecular flexibility index (Phi) is 6.30. The van der Waals surface area contributed by atoms with E-state index in [1.165, 1.54) is 5.56 Å². The third-order valence-electron chi connectivity index (χ3n) is 1.16. The fourth-order valence-electron chi connectivity index (χ4n) is 0.618. The van der Waals surface area contributed by atoms with Crippen LogP contribution >= 0.6 is 0 Å². The Morgan fingerprint density at radius 2 is 1.91 bits per heavy atom. The van der Waals surface area contributed by atoms with E-state index in [-0.39, 0.29) is 0 Å². The summed E-state index contributed by atoms with van der Waals surface area (Å²) in [6.07, 6.45) is 6.49. The largest absolute Gasteiger partial charge is 0.265 e. The molecule has 0 aromatic carbocycles. The van der Waals surface area contributed by atoms with Gasteiger partial charge in [0, 0.05) is 12.4 Å². The molecule has 1 heteroatoms. The van der Waals surface area contributed by atoms with Crippen molar-refractivity contribution in [1.29, 1.82) is 0 Å². The molecule has 60 valence electrons. The van der Waals surface area contributed by atoms with Gasteiger partial charge in [-0.15, -0.1) is 6.58 Å². The molecule has 0 saturated heterocycles. The number of hydrogen-bond acceptors (Lipinski definition) is 1. The van der Waals surface area contributed by atoms with E-state index in [0.29, 0.717) is 0 Å². The van der Waals surface area contributed by atoms with Gasteiger partial charge < -0.3 is 0 Å². The van der Waals surface area contributed by atoms with Crippen LogP contribution in [0.2, 0.25) is 0 Å². The van der Waals surface area contributed by atoms with E-state index in [1.54, 1.807) is 6.08 Å². The molecule has 11 heavy (non-hydrogen) atoms. The Labute approximate surface area is 68.8 Å². The highest BCUT2D eigenvalue weighted by Crippen LogP contribution is 1.94. The molecule has 1 aromatic rings. The summed E-state index contributed by atoms with van der Waals surface area (Å²) in [6.45, 7) is 7.38. The second-order valence-electron chi connectivity index (χ2n) is 2.12. The van der Waals surface area contributed by atoms with Gasteiger partial charge in [0.2, 0.25) is 0 Å². The van der Waals surface area contributed by atoms with Crippen molar-refractivity contribution < 1.29 is 0 Å². The highest BCUT2D eigenvalue weighted by Gasteiger charge is 1.80. The van der Waals surface area contributed by atoms with Crippen LogP contribution in [0.4, 0.5) is 0 Å². The van der Waals surface area contributed by atoms with Crippen LogP contribution in [0.1, 0.15) is 19.4 Å². The van der Waals surface area contributed by atoms with Crippen molar-refractivity contribution in [3.05, 3.63) is 42.7 Å². The molecule has 0 radical (unpaired) electrons. The molecule has 0 atom stereocenters. The molecule has 1 heterocycles. The topological polar surface area (TPSA) is 12.9 Å². The third-order valence-corrected chi connectivity index (χ3v) is 1.16. The summed E-state index contributed by atoms with van der Waals surface area (Å²) >= 11 is 0. The van der Waals surface area contributed by atoms with Crippen molar-refractivity contribution in [2.75, 3.05) is 0 Å². The van der Waals surface area contributed by atoms with Crippen molar-refractivity contribution >= 4 is 0 Å². The lowest BCUT2D eigenvalue weighted by atomic mass is 10.2. The first-order chi connectivity index (χ1) is 5.35. The molecule has 1 aromatic heterocycles. The van der Waals surface area contributed by atoms with Crippen molar-refractivity contribution in [2.45, 2.75) is 20.3 Å². The van der Waals surface area contributed by atoms with Gasteiger partial charge in [-0.05, 0) is 31.0 Å². The Morgan fingerprint density at radius 1 is 1.45 bits per heavy atom. The Bertz CT molecular complexity index is 179. The van der Waals surface area contributed by atoms with Gasteiger partial charge in [0.25, 0.3) is 0 Å². The molecule has 0 spiro atoms. The van der Waals surface area contributed by atoms with Gasteiger partial charge in [-0.1, -0.05) is 13.0 Å². The average Bonchev–Trinajstić information content (AvgIpc) is 2.08. The minimum absolute atomic E-state index is 1.10. The molecule has 0 aliphatic heterocycles. The monoisotopic (exact) mass is 149 g/mol. The summed E-state index contributed by atoms with van der Waals surface area (Å²) in [5.41, 5.74) is 1.35. The maximum atomic E-state index is 3.89. The third kappa shape index (κ3) is 5.34. The predicted octanol–water partition coefficient (Wildman–Crippen LogP) is 2.84. The van der Waals surface area contributed by atoms with Crippen LogP contribution in [0.3, 0.4) is 0 Å². The fourth-order valence-corrected chi connectivity index (χ4v) is 0.618. The van der Waals surface area contributed by atoms with E-state index in [2.05, 4.69) is 18.5 Å². The second kappa shape index (κ2) is 7.00. The van der Waals surface area contributed by atoms with Crippen LogP contribution in [0.25, 0.3) is 0 Å². The normalized spacial score (nSPS) is 7.82. The molecule has 0 fully saturated rings. The molecule has 0 aliphatic rings. The Morgan fingerprint density at radius 3 is 2.18 bits per heavy atom. The summed E-state index contributed by atoms with van der Waals surface area (Å²) in [5.74, 6) is 0. The molecule has 0 saturated carbocycles. The van der Waals surface area contributed by atoms with Crippen LogP contribution in [-0.2, 0) is 6.42 Å². The first kappa shape index (κ1) is 9.89. The first-order valence-corrected chi connectivity index (χ1v) is 3.81. The van der Waals surface area contributed by atoms with E-state index >= 15 is 0 Å². The maximum Gasteiger partial charge on any atom is 0.0270 e. The second-order valence-corrected chi connectivity index (χ2v) is 2.12. The summed E-state index contributed by atoms with van der Waals surface area (Å²) in [5, 5.41) is 0. The SMILES string of the molecule is C=CC.CCc1ccncc1. The van der Waals surface area contributed by atoms with Crippen molar-refractivity contribution in [1.82, 2.24) is 4.98 Å². The number of pyridine rings is 1. The molecule has 0 N–H and O–H groups in total. The van der Waals surface area contributed by atoms with Gasteiger partial charge in [0.1, 0.15) is 0 Å². The van der Waals surface area contributed by atoms with Crippen molar-refractivity contribution in [3.63, 3.8) is 0 Å². The Hall–Kier alpha value is -1.11. The molecule has 1 nitrogen and oxygen atoms in total. The van der Waals surface area contributed by atoms with Crippen LogP contribution < -0.4 is 0 Å². The molecule has 0 bridgehead atoms. The summed E-state index contributed by atoms with van der Waals surface area (Å²) in [4.78, 5) is 3.89. The maximum absolute atomic E-state index is 3.89. The zero-order valence-corrected chi connectivity index (χ0v) is 7.25. The van der Waals surface area contributed by atoms with Crippen LogP contribution in [-0.4, -0.2) is 4.98 Å². The van der Waals surface area contributed by atoms with Gasteiger partial charge in [0.15, 0.2) is 0 Å². The number of rotatable bonds is 1. The standard InChI is InChI=1S/C7H9N.C3H6/c1-2-7-3-5-8-6-4-7;1-3-2/h3-6H,2H2,1H3;3H,1H2,2H3. The minimum atomic E-state index is 1.10. The van der Waals surface area contributed by atoms with E-state index < -0.39 is 0 Å². The van der Waals surface area contributed by atoms with Crippen LogP contribution in [0, 0.1) is 0 Å². The van der Waals surface area contributed by atoms with E-state index in [4.69, 9.17) is 0 Å². The molecule has 0 unspecified atom stereocenters. The summed E-state index contributed by atoms with van der Waals surface area (Å²) in [7, 11) is 0. The highest BCUT2D eigenvalue weighted by molar-refractivity contribution is 5.08. The number of hydrogen-bond donors (Lipinski definition) is 0. The fraction of sp³-hybridized carbons (Fsp3) is 0.300. The van der Waals surface area contributed by atoms with E-state index in [9.17, 15) is 0 Å². The molecular formula is C10H15N.